The zero-order valence-corrected chi connectivity index (χ0v) is 16.3. The summed E-state index contributed by atoms with van der Waals surface area (Å²) in [6.07, 6.45) is 1.62. The highest BCUT2D eigenvalue weighted by atomic mass is 16.5. The van der Waals surface area contributed by atoms with Crippen molar-refractivity contribution < 1.29 is 9.53 Å². The fraction of sp³-hybridized carbons (Fsp3) is 0.0400. The lowest BCUT2D eigenvalue weighted by Crippen LogP contribution is -2.13. The lowest BCUT2D eigenvalue weighted by atomic mass is 10.0. The van der Waals surface area contributed by atoms with Crippen molar-refractivity contribution in [1.29, 1.82) is 5.26 Å². The molecule has 2 N–H and O–H groups in total. The SMILES string of the molecule is COc1ccc2[nH]c(-c3ccccc3)c(/C=C(\C#N)C(=O)Nc3ccccc3)c2c1. The number of anilines is 1. The molecule has 3 aromatic carbocycles. The topological polar surface area (TPSA) is 77.9 Å². The molecule has 0 saturated carbocycles. The average Bonchev–Trinajstić information content (AvgIpc) is 3.16. The number of carbonyl (C=O) groups excluding carboxylic acids is 1. The Morgan fingerprint density at radius 2 is 1.73 bits per heavy atom. The molecule has 0 atom stereocenters. The van der Waals surface area contributed by atoms with Gasteiger partial charge in [-0.05, 0) is 42.0 Å². The molecule has 0 unspecified atom stereocenters. The Bertz CT molecular complexity index is 1270. The number of amides is 1. The number of rotatable bonds is 5. The summed E-state index contributed by atoms with van der Waals surface area (Å²) in [6, 6.07) is 26.6. The Kier molecular flexibility index (Phi) is 5.31. The van der Waals surface area contributed by atoms with Gasteiger partial charge in [0, 0.05) is 22.2 Å². The number of ether oxygens (including phenoxy) is 1. The van der Waals surface area contributed by atoms with Crippen molar-refractivity contribution in [2.45, 2.75) is 0 Å². The van der Waals surface area contributed by atoms with Gasteiger partial charge in [-0.3, -0.25) is 4.79 Å². The van der Waals surface area contributed by atoms with Crippen LogP contribution in [0.1, 0.15) is 5.56 Å². The number of aromatic nitrogens is 1. The first-order chi connectivity index (χ1) is 14.7. The Balaban J connectivity index is 1.84. The summed E-state index contributed by atoms with van der Waals surface area (Å²) in [7, 11) is 1.61. The summed E-state index contributed by atoms with van der Waals surface area (Å²) in [4.78, 5) is 16.1. The minimum absolute atomic E-state index is 0.0137. The Morgan fingerprint density at radius 3 is 2.40 bits per heavy atom. The van der Waals surface area contributed by atoms with Gasteiger partial charge in [-0.25, -0.2) is 0 Å². The van der Waals surface area contributed by atoms with E-state index in [1.165, 1.54) is 0 Å². The van der Waals surface area contributed by atoms with E-state index in [9.17, 15) is 10.1 Å². The summed E-state index contributed by atoms with van der Waals surface area (Å²) in [5.74, 6) is 0.239. The summed E-state index contributed by atoms with van der Waals surface area (Å²) in [5.41, 5.74) is 4.09. The number of fused-ring (bicyclic) bond motifs is 1. The second-order valence-electron chi connectivity index (χ2n) is 6.68. The molecule has 1 amide bonds. The van der Waals surface area contributed by atoms with Crippen LogP contribution in [0.5, 0.6) is 5.75 Å². The quantitative estimate of drug-likeness (QED) is 0.352. The van der Waals surface area contributed by atoms with Crippen LogP contribution in [0.4, 0.5) is 5.69 Å². The molecule has 0 aliphatic rings. The molecule has 1 heterocycles. The van der Waals surface area contributed by atoms with Crippen LogP contribution in [0.3, 0.4) is 0 Å². The molecule has 0 fully saturated rings. The molecule has 0 spiro atoms. The fourth-order valence-electron chi connectivity index (χ4n) is 3.31. The second kappa shape index (κ2) is 8.38. The van der Waals surface area contributed by atoms with Crippen molar-refractivity contribution in [2.24, 2.45) is 0 Å². The molecule has 30 heavy (non-hydrogen) atoms. The zero-order chi connectivity index (χ0) is 20.9. The molecular weight excluding hydrogens is 374 g/mol. The third kappa shape index (κ3) is 3.80. The molecule has 0 aliphatic carbocycles. The maximum atomic E-state index is 12.7. The van der Waals surface area contributed by atoms with E-state index >= 15 is 0 Å². The minimum Gasteiger partial charge on any atom is -0.497 e. The van der Waals surface area contributed by atoms with Gasteiger partial charge < -0.3 is 15.0 Å². The molecule has 146 valence electrons. The normalized spacial score (nSPS) is 11.1. The number of nitriles is 1. The van der Waals surface area contributed by atoms with E-state index in [0.29, 0.717) is 11.4 Å². The van der Waals surface area contributed by atoms with Crippen molar-refractivity contribution in [3.05, 3.63) is 90.0 Å². The Hall–Kier alpha value is -4.30. The summed E-state index contributed by atoms with van der Waals surface area (Å²) >= 11 is 0. The van der Waals surface area contributed by atoms with Crippen LogP contribution in [-0.2, 0) is 4.79 Å². The zero-order valence-electron chi connectivity index (χ0n) is 16.3. The van der Waals surface area contributed by atoms with Gasteiger partial charge in [-0.2, -0.15) is 5.26 Å². The number of H-pyrrole nitrogens is 1. The maximum Gasteiger partial charge on any atom is 0.266 e. The van der Waals surface area contributed by atoms with Crippen LogP contribution < -0.4 is 10.1 Å². The predicted octanol–water partition coefficient (Wildman–Crippen LogP) is 5.39. The highest BCUT2D eigenvalue weighted by molar-refractivity contribution is 6.12. The lowest BCUT2D eigenvalue weighted by Gasteiger charge is -2.05. The van der Waals surface area contributed by atoms with Crippen LogP contribution in [0.25, 0.3) is 28.2 Å². The van der Waals surface area contributed by atoms with E-state index in [-0.39, 0.29) is 5.57 Å². The van der Waals surface area contributed by atoms with Crippen LogP contribution >= 0.6 is 0 Å². The van der Waals surface area contributed by atoms with Crippen molar-refractivity contribution in [1.82, 2.24) is 4.98 Å². The smallest absolute Gasteiger partial charge is 0.266 e. The molecule has 0 bridgehead atoms. The molecule has 0 saturated heterocycles. The van der Waals surface area contributed by atoms with Gasteiger partial charge in [0.25, 0.3) is 5.91 Å². The van der Waals surface area contributed by atoms with Crippen LogP contribution in [-0.4, -0.2) is 18.0 Å². The Labute approximate surface area is 174 Å². The number of aromatic amines is 1. The van der Waals surface area contributed by atoms with Crippen molar-refractivity contribution in [3.8, 4) is 23.1 Å². The van der Waals surface area contributed by atoms with Crippen molar-refractivity contribution >= 4 is 28.6 Å². The van der Waals surface area contributed by atoms with Crippen LogP contribution in [0.2, 0.25) is 0 Å². The molecule has 4 aromatic rings. The lowest BCUT2D eigenvalue weighted by molar-refractivity contribution is -0.112. The highest BCUT2D eigenvalue weighted by Crippen LogP contribution is 2.34. The van der Waals surface area contributed by atoms with Gasteiger partial charge in [0.2, 0.25) is 0 Å². The van der Waals surface area contributed by atoms with E-state index in [2.05, 4.69) is 10.3 Å². The van der Waals surface area contributed by atoms with E-state index in [1.807, 2.05) is 72.8 Å². The first kappa shape index (κ1) is 19.0. The number of benzene rings is 3. The highest BCUT2D eigenvalue weighted by Gasteiger charge is 2.16. The van der Waals surface area contributed by atoms with Gasteiger partial charge in [0.1, 0.15) is 17.4 Å². The number of para-hydroxylation sites is 1. The number of hydrogen-bond acceptors (Lipinski definition) is 3. The van der Waals surface area contributed by atoms with Gasteiger partial charge in [0.15, 0.2) is 0 Å². The van der Waals surface area contributed by atoms with Gasteiger partial charge >= 0.3 is 0 Å². The first-order valence-corrected chi connectivity index (χ1v) is 9.43. The summed E-state index contributed by atoms with van der Waals surface area (Å²) < 4.78 is 5.37. The molecule has 0 aliphatic heterocycles. The molecule has 5 nitrogen and oxygen atoms in total. The minimum atomic E-state index is -0.458. The van der Waals surface area contributed by atoms with Gasteiger partial charge in [-0.1, -0.05) is 48.5 Å². The van der Waals surface area contributed by atoms with Crippen molar-refractivity contribution in [3.63, 3.8) is 0 Å². The number of hydrogen-bond donors (Lipinski definition) is 2. The van der Waals surface area contributed by atoms with Crippen LogP contribution in [0.15, 0.2) is 84.4 Å². The van der Waals surface area contributed by atoms with E-state index in [1.54, 1.807) is 25.3 Å². The monoisotopic (exact) mass is 393 g/mol. The third-order valence-corrected chi connectivity index (χ3v) is 4.79. The van der Waals surface area contributed by atoms with E-state index < -0.39 is 5.91 Å². The Morgan fingerprint density at radius 1 is 1.03 bits per heavy atom. The first-order valence-electron chi connectivity index (χ1n) is 9.43. The standard InChI is InChI=1S/C25H19N3O2/c1-30-20-12-13-23-21(15-20)22(24(28-23)17-8-4-2-5-9-17)14-18(16-26)25(29)27-19-10-6-3-7-11-19/h2-15,28H,1H3,(H,27,29)/b18-14+. The number of nitrogens with one attached hydrogen (secondary N) is 2. The number of carbonyl (C=O) groups is 1. The van der Waals surface area contributed by atoms with Crippen molar-refractivity contribution in [2.75, 3.05) is 12.4 Å². The van der Waals surface area contributed by atoms with Gasteiger partial charge in [0.05, 0.1) is 12.8 Å². The second-order valence-corrected chi connectivity index (χ2v) is 6.68. The molecule has 1 aromatic heterocycles. The largest absolute Gasteiger partial charge is 0.497 e. The molecule has 0 radical (unpaired) electrons. The van der Waals surface area contributed by atoms with E-state index in [0.717, 1.165) is 27.7 Å². The molecule has 5 heteroatoms. The molecular formula is C25H19N3O2. The number of methoxy groups -OCH3 is 1. The van der Waals surface area contributed by atoms with Crippen LogP contribution in [0, 0.1) is 11.3 Å². The molecule has 4 rings (SSSR count). The summed E-state index contributed by atoms with van der Waals surface area (Å²) in [5, 5.41) is 13.3. The fourth-order valence-corrected chi connectivity index (χ4v) is 3.31. The predicted molar refractivity (Wildman–Crippen MR) is 119 cm³/mol. The van der Waals surface area contributed by atoms with E-state index in [4.69, 9.17) is 4.74 Å². The number of nitrogens with zero attached hydrogens (tertiary/aromatic N) is 1. The summed E-state index contributed by atoms with van der Waals surface area (Å²) in [6.45, 7) is 0. The average molecular weight is 393 g/mol. The third-order valence-electron chi connectivity index (χ3n) is 4.79. The van der Waals surface area contributed by atoms with Gasteiger partial charge in [-0.15, -0.1) is 0 Å². The maximum absolute atomic E-state index is 12.7.